The van der Waals surface area contributed by atoms with Gasteiger partial charge in [0.2, 0.25) is 0 Å². The van der Waals surface area contributed by atoms with Crippen molar-refractivity contribution in [3.8, 4) is 17.6 Å². The van der Waals surface area contributed by atoms with E-state index in [9.17, 15) is 4.79 Å². The van der Waals surface area contributed by atoms with Gasteiger partial charge < -0.3 is 24.6 Å². The maximum absolute atomic E-state index is 12.5. The fourth-order valence-corrected chi connectivity index (χ4v) is 3.08. The van der Waals surface area contributed by atoms with E-state index < -0.39 is 0 Å². The van der Waals surface area contributed by atoms with Crippen LogP contribution in [-0.4, -0.2) is 51.3 Å². The minimum absolute atomic E-state index is 0.199. The topological polar surface area (TPSA) is 77.8 Å². The van der Waals surface area contributed by atoms with Crippen LogP contribution in [0.5, 0.6) is 11.5 Å². The summed E-state index contributed by atoms with van der Waals surface area (Å²) >= 11 is 0. The minimum atomic E-state index is -0.199. The maximum Gasteiger partial charge on any atom is 0.322 e. The summed E-state index contributed by atoms with van der Waals surface area (Å²) in [6.45, 7) is 2.50. The zero-order chi connectivity index (χ0) is 19.2. The summed E-state index contributed by atoms with van der Waals surface area (Å²) in [4.78, 5) is 16.5. The molecule has 0 unspecified atom stereocenters. The Hall–Kier alpha value is -3.40. The average molecular weight is 366 g/mol. The van der Waals surface area contributed by atoms with Crippen molar-refractivity contribution in [2.24, 2.45) is 0 Å². The van der Waals surface area contributed by atoms with Gasteiger partial charge in [0, 0.05) is 32.2 Å². The molecule has 1 aliphatic rings. The number of anilines is 2. The van der Waals surface area contributed by atoms with E-state index in [1.54, 1.807) is 43.4 Å². The first-order chi connectivity index (χ1) is 13.2. The lowest BCUT2D eigenvalue weighted by atomic mass is 10.2. The first-order valence-electron chi connectivity index (χ1n) is 8.68. The molecule has 1 saturated heterocycles. The molecule has 1 N–H and O–H groups in total. The second-order valence-electron chi connectivity index (χ2n) is 6.10. The third kappa shape index (κ3) is 4.06. The van der Waals surface area contributed by atoms with Gasteiger partial charge in [0.05, 0.1) is 31.2 Å². The van der Waals surface area contributed by atoms with Crippen LogP contribution in [0.1, 0.15) is 5.56 Å². The van der Waals surface area contributed by atoms with Crippen LogP contribution < -0.4 is 19.7 Å². The molecular weight excluding hydrogens is 344 g/mol. The quantitative estimate of drug-likeness (QED) is 0.900. The molecule has 1 aliphatic heterocycles. The predicted molar refractivity (Wildman–Crippen MR) is 104 cm³/mol. The standard InChI is InChI=1S/C20H22N4O3/c1-26-16-7-8-19(27-2)18(13-16)23-9-11-24(12-10-23)20(25)22-17-6-4-3-5-15(17)14-21/h3-8,13H,9-12H2,1-2H3,(H,22,25). The van der Waals surface area contributed by atoms with Crippen LogP contribution in [0.2, 0.25) is 0 Å². The molecule has 2 aromatic rings. The van der Waals surface area contributed by atoms with Gasteiger partial charge in [-0.25, -0.2) is 4.79 Å². The maximum atomic E-state index is 12.5. The number of rotatable bonds is 4. The van der Waals surface area contributed by atoms with E-state index in [2.05, 4.69) is 16.3 Å². The van der Waals surface area contributed by atoms with Crippen LogP contribution in [0.25, 0.3) is 0 Å². The largest absolute Gasteiger partial charge is 0.497 e. The van der Waals surface area contributed by atoms with Gasteiger partial charge >= 0.3 is 6.03 Å². The number of nitrogens with one attached hydrogen (secondary N) is 1. The summed E-state index contributed by atoms with van der Waals surface area (Å²) in [5.74, 6) is 1.54. The Balaban J connectivity index is 1.65. The van der Waals surface area contributed by atoms with Gasteiger partial charge in [0.1, 0.15) is 17.6 Å². The Labute approximate surface area is 158 Å². The minimum Gasteiger partial charge on any atom is -0.497 e. The number of amides is 2. The van der Waals surface area contributed by atoms with Crippen LogP contribution in [0.3, 0.4) is 0 Å². The molecule has 1 fully saturated rings. The van der Waals surface area contributed by atoms with Crippen molar-refractivity contribution in [2.45, 2.75) is 0 Å². The highest BCUT2D eigenvalue weighted by Crippen LogP contribution is 2.32. The lowest BCUT2D eigenvalue weighted by Gasteiger charge is -2.36. The van der Waals surface area contributed by atoms with Crippen LogP contribution in [-0.2, 0) is 0 Å². The van der Waals surface area contributed by atoms with Gasteiger partial charge in [-0.15, -0.1) is 0 Å². The third-order valence-corrected chi connectivity index (χ3v) is 4.58. The number of para-hydroxylation sites is 1. The van der Waals surface area contributed by atoms with E-state index in [4.69, 9.17) is 14.7 Å². The van der Waals surface area contributed by atoms with E-state index in [1.165, 1.54) is 0 Å². The second kappa shape index (κ2) is 8.32. The second-order valence-corrected chi connectivity index (χ2v) is 6.10. The highest BCUT2D eigenvalue weighted by atomic mass is 16.5. The van der Waals surface area contributed by atoms with Gasteiger partial charge in [0.15, 0.2) is 0 Å². The predicted octanol–water partition coefficient (Wildman–Crippen LogP) is 2.93. The number of hydrogen-bond donors (Lipinski definition) is 1. The number of hydrogen-bond acceptors (Lipinski definition) is 5. The normalized spacial score (nSPS) is 13.7. The van der Waals surface area contributed by atoms with Crippen molar-refractivity contribution in [1.29, 1.82) is 5.26 Å². The molecule has 0 saturated carbocycles. The van der Waals surface area contributed by atoms with Crippen molar-refractivity contribution in [3.63, 3.8) is 0 Å². The number of urea groups is 1. The third-order valence-electron chi connectivity index (χ3n) is 4.58. The Morgan fingerprint density at radius 1 is 1.07 bits per heavy atom. The smallest absolute Gasteiger partial charge is 0.322 e. The highest BCUT2D eigenvalue weighted by molar-refractivity contribution is 5.91. The zero-order valence-corrected chi connectivity index (χ0v) is 15.4. The Morgan fingerprint density at radius 2 is 1.81 bits per heavy atom. The van der Waals surface area contributed by atoms with Crippen molar-refractivity contribution in [3.05, 3.63) is 48.0 Å². The molecule has 2 aromatic carbocycles. The Morgan fingerprint density at radius 3 is 2.48 bits per heavy atom. The highest BCUT2D eigenvalue weighted by Gasteiger charge is 2.23. The summed E-state index contributed by atoms with van der Waals surface area (Å²) in [6, 6.07) is 14.6. The van der Waals surface area contributed by atoms with E-state index in [1.807, 2.05) is 18.2 Å². The first kappa shape index (κ1) is 18.4. The van der Waals surface area contributed by atoms with Gasteiger partial charge in [-0.2, -0.15) is 5.26 Å². The molecule has 27 heavy (non-hydrogen) atoms. The summed E-state index contributed by atoms with van der Waals surface area (Å²) < 4.78 is 10.8. The summed E-state index contributed by atoms with van der Waals surface area (Å²) in [5.41, 5.74) is 1.93. The van der Waals surface area contributed by atoms with Crippen LogP contribution in [0, 0.1) is 11.3 Å². The molecule has 3 rings (SSSR count). The molecular formula is C20H22N4O3. The van der Waals surface area contributed by atoms with Crippen molar-refractivity contribution in [1.82, 2.24) is 4.90 Å². The monoisotopic (exact) mass is 366 g/mol. The number of benzene rings is 2. The summed E-state index contributed by atoms with van der Waals surface area (Å²) in [6.07, 6.45) is 0. The number of piperazine rings is 1. The Kier molecular flexibility index (Phi) is 5.67. The van der Waals surface area contributed by atoms with Crippen LogP contribution in [0.4, 0.5) is 16.2 Å². The lowest BCUT2D eigenvalue weighted by molar-refractivity contribution is 0.208. The van der Waals surface area contributed by atoms with Gasteiger partial charge in [-0.1, -0.05) is 12.1 Å². The summed E-state index contributed by atoms with van der Waals surface area (Å²) in [5, 5.41) is 12.0. The average Bonchev–Trinajstić information content (AvgIpc) is 2.73. The molecule has 0 aromatic heterocycles. The fraction of sp³-hybridized carbons (Fsp3) is 0.300. The van der Waals surface area contributed by atoms with Crippen LogP contribution >= 0.6 is 0 Å². The molecule has 140 valence electrons. The van der Waals surface area contributed by atoms with Gasteiger partial charge in [0.25, 0.3) is 0 Å². The van der Waals surface area contributed by atoms with E-state index in [0.29, 0.717) is 37.4 Å². The first-order valence-corrected chi connectivity index (χ1v) is 8.68. The SMILES string of the molecule is COc1ccc(OC)c(N2CCN(C(=O)Nc3ccccc3C#N)CC2)c1. The van der Waals surface area contributed by atoms with Crippen molar-refractivity contribution in [2.75, 3.05) is 50.6 Å². The van der Waals surface area contributed by atoms with Gasteiger partial charge in [-0.3, -0.25) is 0 Å². The number of ether oxygens (including phenoxy) is 2. The molecule has 0 spiro atoms. The van der Waals surface area contributed by atoms with Crippen molar-refractivity contribution < 1.29 is 14.3 Å². The van der Waals surface area contributed by atoms with E-state index in [0.717, 1.165) is 17.2 Å². The number of methoxy groups -OCH3 is 2. The molecule has 7 heteroatoms. The number of nitriles is 1. The lowest BCUT2D eigenvalue weighted by Crippen LogP contribution is -2.50. The summed E-state index contributed by atoms with van der Waals surface area (Å²) in [7, 11) is 3.27. The molecule has 7 nitrogen and oxygen atoms in total. The zero-order valence-electron chi connectivity index (χ0n) is 15.4. The molecule has 0 atom stereocenters. The van der Waals surface area contributed by atoms with Crippen molar-refractivity contribution >= 4 is 17.4 Å². The molecule has 1 heterocycles. The van der Waals surface area contributed by atoms with Crippen LogP contribution in [0.15, 0.2) is 42.5 Å². The van der Waals surface area contributed by atoms with E-state index >= 15 is 0 Å². The molecule has 0 aliphatic carbocycles. The number of carbonyl (C=O) groups excluding carboxylic acids is 1. The fourth-order valence-electron chi connectivity index (χ4n) is 3.08. The molecule has 0 radical (unpaired) electrons. The molecule has 2 amide bonds. The Bertz CT molecular complexity index is 855. The number of nitrogens with zero attached hydrogens (tertiary/aromatic N) is 3. The van der Waals surface area contributed by atoms with E-state index in [-0.39, 0.29) is 6.03 Å². The number of carbonyl (C=O) groups is 1. The molecule has 0 bridgehead atoms. The van der Waals surface area contributed by atoms with Gasteiger partial charge in [-0.05, 0) is 24.3 Å².